The second-order valence-corrected chi connectivity index (χ2v) is 3.57. The third-order valence-electron chi connectivity index (χ3n) is 1.80. The largest absolute Gasteiger partial charge is 0.504 e. The van der Waals surface area contributed by atoms with Crippen LogP contribution in [0.15, 0.2) is 16.6 Å². The highest BCUT2D eigenvalue weighted by atomic mass is 79.9. The van der Waals surface area contributed by atoms with Gasteiger partial charge in [0.15, 0.2) is 11.5 Å². The zero-order valence-corrected chi connectivity index (χ0v) is 9.08. The Hall–Kier alpha value is -0.810. The lowest BCUT2D eigenvalue weighted by Crippen LogP contribution is -2.00. The number of ether oxygens (including phenoxy) is 1. The van der Waals surface area contributed by atoms with E-state index < -0.39 is 12.8 Å². The van der Waals surface area contributed by atoms with Crippen molar-refractivity contribution in [2.45, 2.75) is 6.10 Å². The highest BCUT2D eigenvalue weighted by Crippen LogP contribution is 2.35. The van der Waals surface area contributed by atoms with Crippen LogP contribution in [0.5, 0.6) is 11.5 Å². The van der Waals surface area contributed by atoms with Crippen LogP contribution < -0.4 is 4.74 Å². The summed E-state index contributed by atoms with van der Waals surface area (Å²) in [4.78, 5) is 0. The van der Waals surface area contributed by atoms with E-state index in [-0.39, 0.29) is 11.5 Å². The van der Waals surface area contributed by atoms with E-state index in [1.807, 2.05) is 0 Å². The molecule has 0 aliphatic rings. The molecular weight excluding hydrogens is 255 g/mol. The summed E-state index contributed by atoms with van der Waals surface area (Å²) in [5.74, 6) is 0.143. The number of phenolic OH excluding ortho intramolecular Hbond substituents is 1. The molecule has 0 heterocycles. The summed E-state index contributed by atoms with van der Waals surface area (Å²) in [7, 11) is 1.41. The summed E-state index contributed by atoms with van der Waals surface area (Å²) < 4.78 is 17.5. The number of hydrogen-bond donors (Lipinski definition) is 2. The summed E-state index contributed by atoms with van der Waals surface area (Å²) >= 11 is 3.15. The lowest BCUT2D eigenvalue weighted by molar-refractivity contribution is 0.140. The van der Waals surface area contributed by atoms with E-state index in [1.54, 1.807) is 0 Å². The quantitative estimate of drug-likeness (QED) is 0.880. The van der Waals surface area contributed by atoms with Crippen LogP contribution in [0.2, 0.25) is 0 Å². The molecule has 1 aromatic rings. The maximum absolute atomic E-state index is 12.2. The van der Waals surface area contributed by atoms with Crippen molar-refractivity contribution in [3.05, 3.63) is 22.2 Å². The molecule has 0 fully saturated rings. The molecule has 14 heavy (non-hydrogen) atoms. The Morgan fingerprint density at radius 3 is 2.71 bits per heavy atom. The molecule has 0 saturated heterocycles. The summed E-state index contributed by atoms with van der Waals surface area (Å²) in [5.41, 5.74) is 0.297. The Morgan fingerprint density at radius 1 is 1.57 bits per heavy atom. The molecule has 0 spiro atoms. The molecule has 0 aromatic heterocycles. The number of phenols is 1. The van der Waals surface area contributed by atoms with E-state index in [0.29, 0.717) is 10.0 Å². The Morgan fingerprint density at radius 2 is 2.21 bits per heavy atom. The molecule has 0 saturated carbocycles. The Kier molecular flexibility index (Phi) is 3.71. The third kappa shape index (κ3) is 2.16. The number of aliphatic hydroxyl groups is 1. The lowest BCUT2D eigenvalue weighted by Gasteiger charge is -2.11. The Labute approximate surface area is 89.3 Å². The number of alkyl halides is 1. The molecule has 1 aromatic carbocycles. The topological polar surface area (TPSA) is 49.7 Å². The number of hydrogen-bond acceptors (Lipinski definition) is 3. The zero-order valence-electron chi connectivity index (χ0n) is 7.50. The van der Waals surface area contributed by atoms with Crippen molar-refractivity contribution in [2.24, 2.45) is 0 Å². The number of aliphatic hydroxyl groups excluding tert-OH is 1. The van der Waals surface area contributed by atoms with Gasteiger partial charge in [-0.15, -0.1) is 0 Å². The summed E-state index contributed by atoms with van der Waals surface area (Å²) in [5, 5.41) is 18.6. The van der Waals surface area contributed by atoms with Crippen molar-refractivity contribution < 1.29 is 19.3 Å². The number of methoxy groups -OCH3 is 1. The number of aromatic hydroxyl groups is 1. The molecule has 1 rings (SSSR count). The first-order valence-electron chi connectivity index (χ1n) is 3.90. The second-order valence-electron chi connectivity index (χ2n) is 2.72. The van der Waals surface area contributed by atoms with Crippen LogP contribution in [0.1, 0.15) is 11.7 Å². The van der Waals surface area contributed by atoms with E-state index in [4.69, 9.17) is 4.74 Å². The average molecular weight is 265 g/mol. The molecule has 78 valence electrons. The molecule has 1 atom stereocenters. The highest BCUT2D eigenvalue weighted by molar-refractivity contribution is 9.10. The van der Waals surface area contributed by atoms with Gasteiger partial charge in [0, 0.05) is 10.0 Å². The number of rotatable bonds is 3. The maximum Gasteiger partial charge on any atom is 0.161 e. The van der Waals surface area contributed by atoms with Gasteiger partial charge in [-0.1, -0.05) is 15.9 Å². The first kappa shape index (κ1) is 11.3. The molecule has 3 nitrogen and oxygen atoms in total. The van der Waals surface area contributed by atoms with E-state index in [9.17, 15) is 14.6 Å². The predicted octanol–water partition coefficient (Wildman–Crippen LogP) is 2.17. The van der Waals surface area contributed by atoms with Crippen LogP contribution in [0, 0.1) is 0 Å². The maximum atomic E-state index is 12.2. The standard InChI is InChI=1S/C9H10BrFO3/c1-14-9-3-6(10)5(2-7(9)12)8(13)4-11/h2-3,8,12-13H,4H2,1H3. The van der Waals surface area contributed by atoms with Gasteiger partial charge in [0.25, 0.3) is 0 Å². The first-order chi connectivity index (χ1) is 6.60. The van der Waals surface area contributed by atoms with Crippen molar-refractivity contribution >= 4 is 15.9 Å². The molecule has 1 unspecified atom stereocenters. The highest BCUT2D eigenvalue weighted by Gasteiger charge is 2.14. The summed E-state index contributed by atoms with van der Waals surface area (Å²) in [6.45, 7) is -0.898. The Bertz CT molecular complexity index is 330. The van der Waals surface area contributed by atoms with E-state index in [2.05, 4.69) is 15.9 Å². The molecule has 5 heteroatoms. The molecule has 0 aliphatic carbocycles. The van der Waals surface area contributed by atoms with E-state index in [0.717, 1.165) is 0 Å². The minimum Gasteiger partial charge on any atom is -0.504 e. The molecule has 2 N–H and O–H groups in total. The summed E-state index contributed by atoms with van der Waals surface area (Å²) in [6, 6.07) is 2.75. The van der Waals surface area contributed by atoms with Gasteiger partial charge in [-0.25, -0.2) is 4.39 Å². The molecule has 0 bridgehead atoms. The molecular formula is C9H10BrFO3. The predicted molar refractivity (Wildman–Crippen MR) is 53.3 cm³/mol. The number of halogens is 2. The zero-order chi connectivity index (χ0) is 10.7. The lowest BCUT2D eigenvalue weighted by atomic mass is 10.1. The molecule has 0 radical (unpaired) electrons. The van der Waals surface area contributed by atoms with Crippen LogP contribution in [-0.2, 0) is 0 Å². The third-order valence-corrected chi connectivity index (χ3v) is 2.49. The second kappa shape index (κ2) is 4.61. The van der Waals surface area contributed by atoms with Gasteiger partial charge in [0.2, 0.25) is 0 Å². The van der Waals surface area contributed by atoms with Crippen LogP contribution >= 0.6 is 15.9 Å². The van der Waals surface area contributed by atoms with Gasteiger partial charge < -0.3 is 14.9 Å². The normalized spacial score (nSPS) is 12.6. The van der Waals surface area contributed by atoms with Gasteiger partial charge in [0.05, 0.1) is 7.11 Å². The smallest absolute Gasteiger partial charge is 0.161 e. The Balaban J connectivity index is 3.14. The molecule has 0 amide bonds. The SMILES string of the molecule is COc1cc(Br)c(C(O)CF)cc1O. The van der Waals surface area contributed by atoms with Gasteiger partial charge in [-0.05, 0) is 12.1 Å². The van der Waals surface area contributed by atoms with Crippen molar-refractivity contribution in [3.63, 3.8) is 0 Å². The van der Waals surface area contributed by atoms with Crippen LogP contribution in [0.25, 0.3) is 0 Å². The number of benzene rings is 1. The van der Waals surface area contributed by atoms with E-state index in [1.165, 1.54) is 19.2 Å². The average Bonchev–Trinajstić information content (AvgIpc) is 2.19. The van der Waals surface area contributed by atoms with Gasteiger partial charge in [0.1, 0.15) is 12.8 Å². The fourth-order valence-electron chi connectivity index (χ4n) is 1.06. The molecule has 0 aliphatic heterocycles. The van der Waals surface area contributed by atoms with Gasteiger partial charge in [-0.2, -0.15) is 0 Å². The van der Waals surface area contributed by atoms with Crippen molar-refractivity contribution in [1.82, 2.24) is 0 Å². The van der Waals surface area contributed by atoms with Gasteiger partial charge in [-0.3, -0.25) is 0 Å². The minimum absolute atomic E-state index is 0.127. The van der Waals surface area contributed by atoms with Crippen LogP contribution in [0.3, 0.4) is 0 Å². The fraction of sp³-hybridized carbons (Fsp3) is 0.333. The van der Waals surface area contributed by atoms with E-state index >= 15 is 0 Å². The van der Waals surface area contributed by atoms with Crippen LogP contribution in [-0.4, -0.2) is 24.0 Å². The fourth-order valence-corrected chi connectivity index (χ4v) is 1.65. The van der Waals surface area contributed by atoms with Crippen LogP contribution in [0.4, 0.5) is 4.39 Å². The van der Waals surface area contributed by atoms with Crippen molar-refractivity contribution in [2.75, 3.05) is 13.8 Å². The van der Waals surface area contributed by atoms with Crippen molar-refractivity contribution in [3.8, 4) is 11.5 Å². The summed E-state index contributed by atoms with van der Waals surface area (Å²) in [6.07, 6.45) is -1.24. The van der Waals surface area contributed by atoms with Crippen molar-refractivity contribution in [1.29, 1.82) is 0 Å². The monoisotopic (exact) mass is 264 g/mol. The first-order valence-corrected chi connectivity index (χ1v) is 4.70. The minimum atomic E-state index is -1.24. The van der Waals surface area contributed by atoms with Gasteiger partial charge >= 0.3 is 0 Å².